The van der Waals surface area contributed by atoms with E-state index in [0.717, 1.165) is 27.8 Å². The predicted octanol–water partition coefficient (Wildman–Crippen LogP) is 4.50. The highest BCUT2D eigenvalue weighted by atomic mass is 16.5. The van der Waals surface area contributed by atoms with Crippen molar-refractivity contribution in [2.45, 2.75) is 20.8 Å². The van der Waals surface area contributed by atoms with Gasteiger partial charge in [0, 0.05) is 23.2 Å². The summed E-state index contributed by atoms with van der Waals surface area (Å²) in [5.74, 6) is 0.512. The Labute approximate surface area is 159 Å². The number of ether oxygens (including phenoxy) is 1. The van der Waals surface area contributed by atoms with Crippen LogP contribution in [0.1, 0.15) is 29.8 Å². The van der Waals surface area contributed by atoms with E-state index in [-0.39, 0.29) is 24.9 Å². The number of anilines is 2. The van der Waals surface area contributed by atoms with Gasteiger partial charge in [-0.05, 0) is 36.8 Å². The zero-order valence-corrected chi connectivity index (χ0v) is 15.8. The summed E-state index contributed by atoms with van der Waals surface area (Å²) in [6, 6.07) is 13.5. The second-order valence-electron chi connectivity index (χ2n) is 6.76. The van der Waals surface area contributed by atoms with Gasteiger partial charge in [0.05, 0.1) is 23.4 Å². The molecule has 0 bridgehead atoms. The highest BCUT2D eigenvalue weighted by molar-refractivity contribution is 6.09. The lowest BCUT2D eigenvalue weighted by molar-refractivity contribution is 0.0940. The minimum absolute atomic E-state index is 0.0298. The van der Waals surface area contributed by atoms with Crippen LogP contribution in [0.15, 0.2) is 48.7 Å². The molecule has 3 aromatic rings. The number of aliphatic hydroxyl groups excluding tert-OH is 1. The van der Waals surface area contributed by atoms with Crippen molar-refractivity contribution < 1.29 is 14.6 Å². The molecule has 1 aromatic heterocycles. The molecule has 0 aliphatic heterocycles. The SMILES string of the molecule is Cc1ccccc1Nc1c(C(=O)C(C)C)cnc2ccc(OCCO)cc12. The summed E-state index contributed by atoms with van der Waals surface area (Å²) >= 11 is 0. The maximum atomic E-state index is 12.8. The fourth-order valence-electron chi connectivity index (χ4n) is 2.91. The van der Waals surface area contributed by atoms with Crippen molar-refractivity contribution in [3.63, 3.8) is 0 Å². The maximum absolute atomic E-state index is 12.8. The number of nitrogens with one attached hydrogen (secondary N) is 1. The second-order valence-corrected chi connectivity index (χ2v) is 6.76. The van der Waals surface area contributed by atoms with Crippen LogP contribution in [0.5, 0.6) is 5.75 Å². The third-order valence-electron chi connectivity index (χ3n) is 4.39. The van der Waals surface area contributed by atoms with Gasteiger partial charge in [-0.3, -0.25) is 9.78 Å². The first kappa shape index (κ1) is 18.9. The van der Waals surface area contributed by atoms with Crippen molar-refractivity contribution >= 4 is 28.1 Å². The van der Waals surface area contributed by atoms with Crippen LogP contribution in [0.3, 0.4) is 0 Å². The second kappa shape index (κ2) is 8.18. The van der Waals surface area contributed by atoms with Crippen LogP contribution in [0.4, 0.5) is 11.4 Å². The summed E-state index contributed by atoms with van der Waals surface area (Å²) in [6.07, 6.45) is 1.64. The molecule has 0 aliphatic carbocycles. The first-order valence-electron chi connectivity index (χ1n) is 9.04. The number of aromatic nitrogens is 1. The first-order chi connectivity index (χ1) is 13.0. The van der Waals surface area contributed by atoms with Crippen molar-refractivity contribution in [3.05, 3.63) is 59.8 Å². The third-order valence-corrected chi connectivity index (χ3v) is 4.39. The number of rotatable bonds is 7. The van der Waals surface area contributed by atoms with Crippen molar-refractivity contribution in [2.24, 2.45) is 5.92 Å². The highest BCUT2D eigenvalue weighted by Gasteiger charge is 2.19. The largest absolute Gasteiger partial charge is 0.491 e. The number of pyridine rings is 1. The minimum Gasteiger partial charge on any atom is -0.491 e. The van der Waals surface area contributed by atoms with Crippen LogP contribution < -0.4 is 10.1 Å². The molecule has 27 heavy (non-hydrogen) atoms. The molecule has 5 heteroatoms. The Morgan fingerprint density at radius 1 is 1.22 bits per heavy atom. The van der Waals surface area contributed by atoms with Crippen LogP contribution in [0.2, 0.25) is 0 Å². The molecule has 5 nitrogen and oxygen atoms in total. The predicted molar refractivity (Wildman–Crippen MR) is 108 cm³/mol. The normalized spacial score (nSPS) is 11.0. The van der Waals surface area contributed by atoms with Gasteiger partial charge in [0.15, 0.2) is 5.78 Å². The zero-order valence-electron chi connectivity index (χ0n) is 15.8. The van der Waals surface area contributed by atoms with E-state index in [1.807, 2.05) is 63.2 Å². The summed E-state index contributed by atoms with van der Waals surface area (Å²) in [6.45, 7) is 5.93. The van der Waals surface area contributed by atoms with E-state index < -0.39 is 0 Å². The topological polar surface area (TPSA) is 71.5 Å². The van der Waals surface area contributed by atoms with Crippen molar-refractivity contribution in [1.29, 1.82) is 0 Å². The fraction of sp³-hybridized carbons (Fsp3) is 0.273. The summed E-state index contributed by atoms with van der Waals surface area (Å²) in [5, 5.41) is 13.2. The molecule has 3 rings (SSSR count). The summed E-state index contributed by atoms with van der Waals surface area (Å²) in [4.78, 5) is 17.3. The van der Waals surface area contributed by atoms with Gasteiger partial charge in [-0.1, -0.05) is 32.0 Å². The standard InChI is InChI=1S/C22H24N2O3/c1-14(2)22(26)18-13-23-20-9-8-16(27-11-10-25)12-17(20)21(18)24-19-7-5-4-6-15(19)3/h4-9,12-14,25H,10-11H2,1-3H3,(H,23,24). The molecule has 2 N–H and O–H groups in total. The molecule has 2 aromatic carbocycles. The van der Waals surface area contributed by atoms with Gasteiger partial charge in [0.25, 0.3) is 0 Å². The van der Waals surface area contributed by atoms with Gasteiger partial charge in [-0.2, -0.15) is 0 Å². The number of aryl methyl sites for hydroxylation is 1. The molecule has 0 fully saturated rings. The molecular weight excluding hydrogens is 340 g/mol. The Kier molecular flexibility index (Phi) is 5.72. The number of benzene rings is 2. The average Bonchev–Trinajstić information content (AvgIpc) is 2.67. The van der Waals surface area contributed by atoms with Gasteiger partial charge >= 0.3 is 0 Å². The molecule has 1 heterocycles. The zero-order chi connectivity index (χ0) is 19.4. The van der Waals surface area contributed by atoms with E-state index in [9.17, 15) is 4.79 Å². The Balaban J connectivity index is 2.18. The first-order valence-corrected chi connectivity index (χ1v) is 9.04. The van der Waals surface area contributed by atoms with Crippen molar-refractivity contribution in [2.75, 3.05) is 18.5 Å². The molecule has 0 saturated heterocycles. The monoisotopic (exact) mass is 364 g/mol. The smallest absolute Gasteiger partial charge is 0.169 e. The summed E-state index contributed by atoms with van der Waals surface area (Å²) in [7, 11) is 0. The number of nitrogens with zero attached hydrogens (tertiary/aromatic N) is 1. The number of Topliss-reactive ketones (excluding diaryl/α,β-unsaturated/α-hetero) is 1. The number of carbonyl (C=O) groups is 1. The average molecular weight is 364 g/mol. The lowest BCUT2D eigenvalue weighted by Crippen LogP contribution is -2.11. The van der Waals surface area contributed by atoms with E-state index in [1.54, 1.807) is 6.20 Å². The number of hydrogen-bond donors (Lipinski definition) is 2. The summed E-state index contributed by atoms with van der Waals surface area (Å²) in [5.41, 5.74) is 4.06. The van der Waals surface area contributed by atoms with Crippen LogP contribution >= 0.6 is 0 Å². The lowest BCUT2D eigenvalue weighted by Gasteiger charge is -2.17. The number of aliphatic hydroxyl groups is 1. The van der Waals surface area contributed by atoms with Crippen LogP contribution in [0.25, 0.3) is 10.9 Å². The Bertz CT molecular complexity index is 967. The molecule has 0 aliphatic rings. The van der Waals surface area contributed by atoms with Crippen LogP contribution in [0, 0.1) is 12.8 Å². The van der Waals surface area contributed by atoms with Gasteiger partial charge in [0.2, 0.25) is 0 Å². The minimum atomic E-state index is -0.143. The highest BCUT2D eigenvalue weighted by Crippen LogP contribution is 2.33. The Morgan fingerprint density at radius 2 is 2.00 bits per heavy atom. The van der Waals surface area contributed by atoms with Crippen molar-refractivity contribution in [1.82, 2.24) is 4.98 Å². The molecule has 0 saturated carbocycles. The van der Waals surface area contributed by atoms with E-state index in [0.29, 0.717) is 11.3 Å². The molecule has 0 spiro atoms. The van der Waals surface area contributed by atoms with Gasteiger partial charge in [-0.25, -0.2) is 0 Å². The Morgan fingerprint density at radius 3 is 2.70 bits per heavy atom. The number of carbonyl (C=O) groups excluding carboxylic acids is 1. The maximum Gasteiger partial charge on any atom is 0.169 e. The van der Waals surface area contributed by atoms with E-state index in [1.165, 1.54) is 0 Å². The molecule has 140 valence electrons. The molecule has 0 unspecified atom stereocenters. The summed E-state index contributed by atoms with van der Waals surface area (Å²) < 4.78 is 5.55. The van der Waals surface area contributed by atoms with E-state index >= 15 is 0 Å². The molecular formula is C22H24N2O3. The quantitative estimate of drug-likeness (QED) is 0.604. The fourth-order valence-corrected chi connectivity index (χ4v) is 2.91. The van der Waals surface area contributed by atoms with Gasteiger partial charge in [-0.15, -0.1) is 0 Å². The Hall–Kier alpha value is -2.92. The third kappa shape index (κ3) is 4.09. The molecule has 0 radical (unpaired) electrons. The number of fused-ring (bicyclic) bond motifs is 1. The van der Waals surface area contributed by atoms with Crippen LogP contribution in [-0.4, -0.2) is 29.1 Å². The van der Waals surface area contributed by atoms with E-state index in [4.69, 9.17) is 9.84 Å². The molecule has 0 atom stereocenters. The van der Waals surface area contributed by atoms with Gasteiger partial charge < -0.3 is 15.2 Å². The van der Waals surface area contributed by atoms with Crippen LogP contribution in [-0.2, 0) is 0 Å². The van der Waals surface area contributed by atoms with E-state index in [2.05, 4.69) is 10.3 Å². The number of hydrogen-bond acceptors (Lipinski definition) is 5. The molecule has 0 amide bonds. The lowest BCUT2D eigenvalue weighted by atomic mass is 9.98. The van der Waals surface area contributed by atoms with Crippen molar-refractivity contribution in [3.8, 4) is 5.75 Å². The number of para-hydroxylation sites is 1. The van der Waals surface area contributed by atoms with Gasteiger partial charge in [0.1, 0.15) is 12.4 Å². The number of ketones is 1.